The van der Waals surface area contributed by atoms with Crippen LogP contribution >= 0.6 is 0 Å². The Labute approximate surface area is 137 Å². The van der Waals surface area contributed by atoms with E-state index in [2.05, 4.69) is 15.0 Å². The molecule has 0 saturated carbocycles. The molecule has 6 heteroatoms. The number of rotatable bonds is 5. The lowest BCUT2D eigenvalue weighted by Gasteiger charge is -2.03. The first-order valence-corrected chi connectivity index (χ1v) is 7.33. The highest BCUT2D eigenvalue weighted by Gasteiger charge is 2.13. The first-order chi connectivity index (χ1) is 11.6. The highest BCUT2D eigenvalue weighted by atomic mass is 19.2. The van der Waals surface area contributed by atoms with E-state index in [0.717, 1.165) is 24.1 Å². The van der Waals surface area contributed by atoms with Gasteiger partial charge in [-0.2, -0.15) is 0 Å². The topological polar surface area (TPSA) is 55.7 Å². The summed E-state index contributed by atoms with van der Waals surface area (Å²) < 4.78 is 26.1. The maximum atomic E-state index is 13.2. The van der Waals surface area contributed by atoms with Crippen LogP contribution in [0.3, 0.4) is 0 Å². The maximum Gasteiger partial charge on any atom is 0.196 e. The largest absolute Gasteiger partial charge is 0.288 e. The number of aryl methyl sites for hydroxylation is 2. The Kier molecular flexibility index (Phi) is 4.65. The highest BCUT2D eigenvalue weighted by Crippen LogP contribution is 2.13. The van der Waals surface area contributed by atoms with Crippen molar-refractivity contribution in [2.75, 3.05) is 0 Å². The van der Waals surface area contributed by atoms with Crippen molar-refractivity contribution in [1.82, 2.24) is 15.0 Å². The molecule has 24 heavy (non-hydrogen) atoms. The fraction of sp³-hybridized carbons (Fsp3) is 0.111. The van der Waals surface area contributed by atoms with E-state index in [1.165, 1.54) is 18.5 Å². The van der Waals surface area contributed by atoms with Gasteiger partial charge in [-0.1, -0.05) is 6.07 Å². The molecule has 1 aromatic carbocycles. The molecule has 120 valence electrons. The third-order valence-corrected chi connectivity index (χ3v) is 3.51. The molecule has 0 bridgehead atoms. The van der Waals surface area contributed by atoms with E-state index in [-0.39, 0.29) is 11.1 Å². The first kappa shape index (κ1) is 15.9. The fourth-order valence-corrected chi connectivity index (χ4v) is 2.21. The lowest BCUT2D eigenvalue weighted by atomic mass is 10.1. The van der Waals surface area contributed by atoms with Gasteiger partial charge in [0.05, 0.1) is 5.56 Å². The van der Waals surface area contributed by atoms with Crippen LogP contribution in [0.15, 0.2) is 55.1 Å². The molecule has 2 heterocycles. The van der Waals surface area contributed by atoms with Crippen LogP contribution in [0.4, 0.5) is 8.78 Å². The number of hydrogen-bond acceptors (Lipinski definition) is 4. The van der Waals surface area contributed by atoms with Crippen molar-refractivity contribution in [1.29, 1.82) is 0 Å². The molecule has 0 radical (unpaired) electrons. The van der Waals surface area contributed by atoms with Crippen LogP contribution in [0.1, 0.15) is 27.3 Å². The molecule has 4 nitrogen and oxygen atoms in total. The van der Waals surface area contributed by atoms with Crippen molar-refractivity contribution >= 4 is 5.78 Å². The second kappa shape index (κ2) is 7.04. The summed E-state index contributed by atoms with van der Waals surface area (Å²) in [5.74, 6) is -1.91. The molecular weight excluding hydrogens is 312 g/mol. The van der Waals surface area contributed by atoms with Crippen molar-refractivity contribution < 1.29 is 13.6 Å². The van der Waals surface area contributed by atoms with Gasteiger partial charge in [-0.3, -0.25) is 9.78 Å². The lowest BCUT2D eigenvalue weighted by Crippen LogP contribution is -2.06. The van der Waals surface area contributed by atoms with Gasteiger partial charge in [0.1, 0.15) is 5.82 Å². The summed E-state index contributed by atoms with van der Waals surface area (Å²) in [4.78, 5) is 24.6. The second-order valence-corrected chi connectivity index (χ2v) is 5.21. The van der Waals surface area contributed by atoms with E-state index in [1.807, 2.05) is 12.1 Å². The molecule has 0 N–H and O–H groups in total. The van der Waals surface area contributed by atoms with E-state index in [1.54, 1.807) is 12.4 Å². The summed E-state index contributed by atoms with van der Waals surface area (Å²) in [7, 11) is 0. The summed E-state index contributed by atoms with van der Waals surface area (Å²) in [6.45, 7) is 0. The Morgan fingerprint density at radius 2 is 1.71 bits per heavy atom. The molecular formula is C18H13F2N3O. The molecule has 0 atom stereocenters. The average molecular weight is 325 g/mol. The smallest absolute Gasteiger partial charge is 0.196 e. The number of carbonyl (C=O) groups excluding carboxylic acids is 1. The van der Waals surface area contributed by atoms with Crippen LogP contribution in [0.25, 0.3) is 0 Å². The average Bonchev–Trinajstić information content (AvgIpc) is 2.63. The van der Waals surface area contributed by atoms with Crippen molar-refractivity contribution in [3.8, 4) is 0 Å². The summed E-state index contributed by atoms with van der Waals surface area (Å²) in [5, 5.41) is 0. The van der Waals surface area contributed by atoms with E-state index in [9.17, 15) is 13.6 Å². The van der Waals surface area contributed by atoms with Gasteiger partial charge >= 0.3 is 0 Å². The van der Waals surface area contributed by atoms with E-state index >= 15 is 0 Å². The fourth-order valence-electron chi connectivity index (χ4n) is 2.21. The molecule has 0 aliphatic rings. The van der Waals surface area contributed by atoms with Crippen molar-refractivity contribution in [3.05, 3.63) is 89.3 Å². The number of halogens is 2. The molecule has 0 amide bonds. The predicted molar refractivity (Wildman–Crippen MR) is 83.5 cm³/mol. The summed E-state index contributed by atoms with van der Waals surface area (Å²) >= 11 is 0. The molecule has 0 saturated heterocycles. The van der Waals surface area contributed by atoms with E-state index < -0.39 is 17.4 Å². The van der Waals surface area contributed by atoms with Crippen molar-refractivity contribution in [3.63, 3.8) is 0 Å². The van der Waals surface area contributed by atoms with Crippen molar-refractivity contribution in [2.24, 2.45) is 0 Å². The second-order valence-electron chi connectivity index (χ2n) is 5.21. The van der Waals surface area contributed by atoms with E-state index in [0.29, 0.717) is 12.2 Å². The SMILES string of the molecule is O=C(c1cnc(CCc2cccnc2)nc1)c1ccc(F)c(F)c1. The van der Waals surface area contributed by atoms with Gasteiger partial charge < -0.3 is 0 Å². The lowest BCUT2D eigenvalue weighted by molar-refractivity contribution is 0.103. The number of carbonyl (C=O) groups is 1. The van der Waals surface area contributed by atoms with Gasteiger partial charge in [0.25, 0.3) is 0 Å². The first-order valence-electron chi connectivity index (χ1n) is 7.33. The predicted octanol–water partition coefficient (Wildman–Crippen LogP) is 3.17. The van der Waals surface area contributed by atoms with Crippen LogP contribution in [-0.2, 0) is 12.8 Å². The molecule has 0 aliphatic heterocycles. The van der Waals surface area contributed by atoms with Gasteiger partial charge in [0.2, 0.25) is 0 Å². The quantitative estimate of drug-likeness (QED) is 0.676. The Balaban J connectivity index is 1.69. The third-order valence-electron chi connectivity index (χ3n) is 3.51. The normalized spacial score (nSPS) is 10.6. The van der Waals surface area contributed by atoms with Gasteiger partial charge in [-0.25, -0.2) is 18.7 Å². The molecule has 0 fully saturated rings. The summed E-state index contributed by atoms with van der Waals surface area (Å²) in [6.07, 6.45) is 7.64. The monoisotopic (exact) mass is 325 g/mol. The minimum absolute atomic E-state index is 0.0561. The molecule has 0 spiro atoms. The molecule has 0 aliphatic carbocycles. The molecule has 0 unspecified atom stereocenters. The Morgan fingerprint density at radius 3 is 2.38 bits per heavy atom. The number of ketones is 1. The molecule has 3 aromatic rings. The molecule has 2 aromatic heterocycles. The van der Waals surface area contributed by atoms with Gasteiger partial charge in [-0.15, -0.1) is 0 Å². The summed E-state index contributed by atoms with van der Waals surface area (Å²) in [6, 6.07) is 6.85. The van der Waals surface area contributed by atoms with Crippen LogP contribution in [0, 0.1) is 11.6 Å². The standard InChI is InChI=1S/C18H13F2N3O/c19-15-5-4-13(8-16(15)20)18(24)14-10-22-17(23-11-14)6-3-12-2-1-7-21-9-12/h1-2,4-5,7-11H,3,6H2. The van der Waals surface area contributed by atoms with Crippen LogP contribution in [-0.4, -0.2) is 20.7 Å². The van der Waals surface area contributed by atoms with Crippen LogP contribution in [0.5, 0.6) is 0 Å². The van der Waals surface area contributed by atoms with Crippen molar-refractivity contribution in [2.45, 2.75) is 12.8 Å². The maximum absolute atomic E-state index is 13.2. The van der Waals surface area contributed by atoms with Crippen LogP contribution in [0.2, 0.25) is 0 Å². The van der Waals surface area contributed by atoms with Gasteiger partial charge in [0.15, 0.2) is 17.4 Å². The zero-order chi connectivity index (χ0) is 16.9. The minimum atomic E-state index is -1.06. The minimum Gasteiger partial charge on any atom is -0.288 e. The summed E-state index contributed by atoms with van der Waals surface area (Å²) in [5.41, 5.74) is 1.36. The van der Waals surface area contributed by atoms with Gasteiger partial charge in [-0.05, 0) is 36.2 Å². The zero-order valence-corrected chi connectivity index (χ0v) is 12.6. The number of aromatic nitrogens is 3. The molecule has 3 rings (SSSR count). The number of nitrogens with zero attached hydrogens (tertiary/aromatic N) is 3. The highest BCUT2D eigenvalue weighted by molar-refractivity contribution is 6.08. The van der Waals surface area contributed by atoms with Gasteiger partial charge in [0, 0.05) is 36.8 Å². The number of pyridine rings is 1. The zero-order valence-electron chi connectivity index (χ0n) is 12.6. The Morgan fingerprint density at radius 1 is 0.917 bits per heavy atom. The third kappa shape index (κ3) is 3.65. The number of benzene rings is 1. The van der Waals surface area contributed by atoms with Crippen LogP contribution < -0.4 is 0 Å². The Bertz CT molecular complexity index is 852. The number of hydrogen-bond donors (Lipinski definition) is 0. The van der Waals surface area contributed by atoms with E-state index in [4.69, 9.17) is 0 Å². The Hall–Kier alpha value is -3.02.